The predicted molar refractivity (Wildman–Crippen MR) is 101 cm³/mol. The van der Waals surface area contributed by atoms with Gasteiger partial charge in [-0.1, -0.05) is 50.3 Å². The number of carboxylic acid groups (broad SMARTS) is 1. The first-order valence-electron chi connectivity index (χ1n) is 9.11. The Bertz CT molecular complexity index is 823. The van der Waals surface area contributed by atoms with Crippen molar-refractivity contribution in [2.45, 2.75) is 45.3 Å². The molecule has 2 aliphatic carbocycles. The van der Waals surface area contributed by atoms with E-state index in [1.165, 1.54) is 12.1 Å². The molecule has 1 aromatic carbocycles. The molecule has 0 saturated carbocycles. The number of aliphatic hydroxyl groups is 2. The van der Waals surface area contributed by atoms with Crippen molar-refractivity contribution < 1.29 is 24.5 Å². The Hall–Kier alpha value is -2.24. The minimum atomic E-state index is -1.10. The van der Waals surface area contributed by atoms with Crippen molar-refractivity contribution >= 4 is 11.5 Å². The van der Waals surface area contributed by atoms with Crippen molar-refractivity contribution in [1.82, 2.24) is 0 Å². The summed E-state index contributed by atoms with van der Waals surface area (Å²) in [7, 11) is 0. The van der Waals surface area contributed by atoms with Crippen LogP contribution in [0.4, 0.5) is 4.39 Å². The summed E-state index contributed by atoms with van der Waals surface area (Å²) in [4.78, 5) is 10.6. The molecule has 0 amide bonds. The molecule has 0 aromatic heterocycles. The van der Waals surface area contributed by atoms with E-state index in [0.717, 1.165) is 23.1 Å². The first-order valence-corrected chi connectivity index (χ1v) is 9.11. The number of carbonyl (C=O) groups is 1. The standard InChI is InChI=1S/C22H25FO4/c1-21-9-10-22(2,13-21)20(14-3-5-15(23)6-4-14)18(21)8-7-16(24)11-17(25)12-19(26)27/h3-10,16-17,24-25H,11-13H2,1-2H3,(H,26,27)/b8-7+. The van der Waals surface area contributed by atoms with E-state index >= 15 is 0 Å². The van der Waals surface area contributed by atoms with Gasteiger partial charge in [0.05, 0.1) is 18.6 Å². The van der Waals surface area contributed by atoms with E-state index in [-0.39, 0.29) is 23.1 Å². The second-order valence-electron chi connectivity index (χ2n) is 8.05. The molecule has 144 valence electrons. The van der Waals surface area contributed by atoms with Crippen molar-refractivity contribution in [1.29, 1.82) is 0 Å². The highest BCUT2D eigenvalue weighted by atomic mass is 19.1. The maximum absolute atomic E-state index is 13.4. The van der Waals surface area contributed by atoms with Gasteiger partial charge >= 0.3 is 5.97 Å². The van der Waals surface area contributed by atoms with Crippen LogP contribution in [0.15, 0.2) is 54.1 Å². The van der Waals surface area contributed by atoms with E-state index in [1.54, 1.807) is 18.2 Å². The highest BCUT2D eigenvalue weighted by molar-refractivity contribution is 5.82. The molecule has 5 heteroatoms. The van der Waals surface area contributed by atoms with Gasteiger partial charge in [-0.25, -0.2) is 4.39 Å². The van der Waals surface area contributed by atoms with Crippen LogP contribution in [0.1, 0.15) is 38.7 Å². The van der Waals surface area contributed by atoms with Crippen LogP contribution in [0.3, 0.4) is 0 Å². The molecule has 4 unspecified atom stereocenters. The van der Waals surface area contributed by atoms with Crippen molar-refractivity contribution in [2.24, 2.45) is 10.8 Å². The van der Waals surface area contributed by atoms with Crippen LogP contribution in [0, 0.1) is 16.6 Å². The lowest BCUT2D eigenvalue weighted by Crippen LogP contribution is -2.19. The van der Waals surface area contributed by atoms with Crippen molar-refractivity contribution in [2.75, 3.05) is 0 Å². The van der Waals surface area contributed by atoms with Gasteiger partial charge < -0.3 is 15.3 Å². The fourth-order valence-corrected chi connectivity index (χ4v) is 4.42. The molecule has 0 spiro atoms. The Morgan fingerprint density at radius 1 is 1.19 bits per heavy atom. The van der Waals surface area contributed by atoms with Crippen LogP contribution in [0.2, 0.25) is 0 Å². The summed E-state index contributed by atoms with van der Waals surface area (Å²) in [5.41, 5.74) is 2.80. The highest BCUT2D eigenvalue weighted by Crippen LogP contribution is 2.63. The Kier molecular flexibility index (Phi) is 5.10. The summed E-state index contributed by atoms with van der Waals surface area (Å²) in [6.07, 6.45) is 6.27. The number of halogens is 1. The molecule has 0 fully saturated rings. The average molecular weight is 372 g/mol. The summed E-state index contributed by atoms with van der Waals surface area (Å²) in [6.45, 7) is 4.29. The van der Waals surface area contributed by atoms with E-state index in [9.17, 15) is 19.4 Å². The summed E-state index contributed by atoms with van der Waals surface area (Å²) in [6, 6.07) is 6.44. The number of aliphatic carboxylic acids is 1. The zero-order chi connectivity index (χ0) is 19.8. The van der Waals surface area contributed by atoms with E-state index < -0.39 is 24.6 Å². The number of benzene rings is 1. The van der Waals surface area contributed by atoms with E-state index in [2.05, 4.69) is 26.0 Å². The molecule has 1 aromatic rings. The molecule has 0 saturated heterocycles. The zero-order valence-electron chi connectivity index (χ0n) is 15.5. The number of hydrogen-bond donors (Lipinski definition) is 3. The van der Waals surface area contributed by atoms with Gasteiger partial charge in [0.25, 0.3) is 0 Å². The molecule has 3 N–H and O–H groups in total. The number of hydrogen-bond acceptors (Lipinski definition) is 3. The lowest BCUT2D eigenvalue weighted by atomic mass is 9.79. The second-order valence-corrected chi connectivity index (χ2v) is 8.05. The third-order valence-corrected chi connectivity index (χ3v) is 5.55. The quantitative estimate of drug-likeness (QED) is 0.638. The minimum absolute atomic E-state index is 0.0359. The molecule has 4 nitrogen and oxygen atoms in total. The van der Waals surface area contributed by atoms with Gasteiger partial charge in [-0.3, -0.25) is 4.79 Å². The molecule has 4 atom stereocenters. The summed E-state index contributed by atoms with van der Waals surface area (Å²) in [5.74, 6) is -1.38. The molecule has 2 aliphatic rings. The lowest BCUT2D eigenvalue weighted by molar-refractivity contribution is -0.139. The molecule has 0 heterocycles. The highest BCUT2D eigenvalue weighted by Gasteiger charge is 2.50. The van der Waals surface area contributed by atoms with E-state index in [0.29, 0.717) is 0 Å². The Labute approximate surface area is 158 Å². The monoisotopic (exact) mass is 372 g/mol. The largest absolute Gasteiger partial charge is 0.481 e. The normalized spacial score (nSPS) is 28.9. The fraction of sp³-hybridized carbons (Fsp3) is 0.409. The number of aliphatic hydroxyl groups excluding tert-OH is 2. The topological polar surface area (TPSA) is 77.8 Å². The van der Waals surface area contributed by atoms with Crippen LogP contribution in [0.5, 0.6) is 0 Å². The molecule has 27 heavy (non-hydrogen) atoms. The maximum Gasteiger partial charge on any atom is 0.305 e. The molecular weight excluding hydrogens is 347 g/mol. The predicted octanol–water partition coefficient (Wildman–Crippen LogP) is 3.71. The molecule has 0 radical (unpaired) electrons. The van der Waals surface area contributed by atoms with Crippen LogP contribution in [0.25, 0.3) is 5.57 Å². The third-order valence-electron chi connectivity index (χ3n) is 5.55. The second kappa shape index (κ2) is 7.06. The number of fused-ring (bicyclic) bond motifs is 2. The van der Waals surface area contributed by atoms with Crippen molar-refractivity contribution in [3.8, 4) is 0 Å². The van der Waals surface area contributed by atoms with Crippen LogP contribution >= 0.6 is 0 Å². The van der Waals surface area contributed by atoms with Crippen LogP contribution in [-0.2, 0) is 4.79 Å². The van der Waals surface area contributed by atoms with E-state index in [1.807, 2.05) is 6.08 Å². The molecular formula is C22H25FO4. The SMILES string of the molecule is CC12C=CC(C)(C1)C(c1ccc(F)cc1)=C2/C=C/C(O)CC(O)CC(=O)O. The van der Waals surface area contributed by atoms with Crippen LogP contribution < -0.4 is 0 Å². The van der Waals surface area contributed by atoms with Gasteiger partial charge in [0.15, 0.2) is 0 Å². The summed E-state index contributed by atoms with van der Waals surface area (Å²) in [5, 5.41) is 28.6. The maximum atomic E-state index is 13.4. The van der Waals surface area contributed by atoms with Gasteiger partial charge in [0.2, 0.25) is 0 Å². The number of allylic oxidation sites excluding steroid dienone is 5. The van der Waals surface area contributed by atoms with Gasteiger partial charge in [0.1, 0.15) is 5.82 Å². The summed E-state index contributed by atoms with van der Waals surface area (Å²) >= 11 is 0. The fourth-order valence-electron chi connectivity index (χ4n) is 4.42. The lowest BCUT2D eigenvalue weighted by Gasteiger charge is -2.25. The van der Waals surface area contributed by atoms with Crippen LogP contribution in [-0.4, -0.2) is 33.5 Å². The Balaban J connectivity index is 1.89. The van der Waals surface area contributed by atoms with Crippen molar-refractivity contribution in [3.63, 3.8) is 0 Å². The number of rotatable bonds is 7. The molecule has 2 bridgehead atoms. The first-order chi connectivity index (χ1) is 12.6. The number of carboxylic acids is 1. The minimum Gasteiger partial charge on any atom is -0.481 e. The summed E-state index contributed by atoms with van der Waals surface area (Å²) < 4.78 is 13.4. The molecule has 3 rings (SSSR count). The van der Waals surface area contributed by atoms with Gasteiger partial charge in [0, 0.05) is 17.3 Å². The van der Waals surface area contributed by atoms with Gasteiger partial charge in [-0.2, -0.15) is 0 Å². The smallest absolute Gasteiger partial charge is 0.305 e. The van der Waals surface area contributed by atoms with E-state index in [4.69, 9.17) is 5.11 Å². The zero-order valence-corrected chi connectivity index (χ0v) is 15.5. The van der Waals surface area contributed by atoms with Gasteiger partial charge in [-0.15, -0.1) is 0 Å². The third kappa shape index (κ3) is 3.89. The Morgan fingerprint density at radius 3 is 2.44 bits per heavy atom. The first kappa shape index (κ1) is 19.5. The Morgan fingerprint density at radius 2 is 1.81 bits per heavy atom. The van der Waals surface area contributed by atoms with Crippen molar-refractivity contribution in [3.05, 3.63) is 65.5 Å². The van der Waals surface area contributed by atoms with Gasteiger partial charge in [-0.05, 0) is 35.3 Å². The average Bonchev–Trinajstić information content (AvgIpc) is 2.99. The molecule has 0 aliphatic heterocycles.